The zero-order chi connectivity index (χ0) is 19.1. The molecule has 26 heavy (non-hydrogen) atoms. The summed E-state index contributed by atoms with van der Waals surface area (Å²) < 4.78 is 25.4. The number of hydrogen-bond acceptors (Lipinski definition) is 4. The van der Waals surface area contributed by atoms with E-state index in [-0.39, 0.29) is 10.5 Å². The lowest BCUT2D eigenvalue weighted by Crippen LogP contribution is -2.46. The van der Waals surface area contributed by atoms with Crippen LogP contribution in [0.25, 0.3) is 0 Å². The van der Waals surface area contributed by atoms with Gasteiger partial charge in [0.25, 0.3) is 5.91 Å². The molecular weight excluding hydrogens is 354 g/mol. The molecule has 0 aliphatic carbocycles. The van der Waals surface area contributed by atoms with E-state index in [4.69, 9.17) is 5.73 Å². The van der Waals surface area contributed by atoms with Crippen LogP contribution in [0.4, 0.5) is 5.69 Å². The molecule has 0 bridgehead atoms. The van der Waals surface area contributed by atoms with E-state index in [9.17, 15) is 18.0 Å². The van der Waals surface area contributed by atoms with Crippen molar-refractivity contribution in [3.05, 3.63) is 59.7 Å². The number of benzene rings is 2. The molecule has 2 N–H and O–H groups in total. The number of hydrogen-bond donors (Lipinski definition) is 1. The molecule has 8 heteroatoms. The Hall–Kier alpha value is -2.71. The average Bonchev–Trinajstić information content (AvgIpc) is 3.01. The molecule has 3 rings (SSSR count). The number of anilines is 1. The molecule has 0 saturated carbocycles. The summed E-state index contributed by atoms with van der Waals surface area (Å²) in [6.07, 6.45) is 0.365. The second-order valence-corrected chi connectivity index (χ2v) is 8.39. The third-order valence-corrected chi connectivity index (χ3v) is 6.23. The number of carbonyl (C=O) groups excluding carboxylic acids is 2. The first-order valence-corrected chi connectivity index (χ1v) is 9.41. The number of para-hydroxylation sites is 1. The quantitative estimate of drug-likeness (QED) is 0.864. The van der Waals surface area contributed by atoms with Crippen molar-refractivity contribution >= 4 is 27.5 Å². The molecule has 0 spiro atoms. The molecule has 0 radical (unpaired) electrons. The lowest BCUT2D eigenvalue weighted by molar-refractivity contribution is -0.119. The van der Waals surface area contributed by atoms with E-state index in [1.165, 1.54) is 43.3 Å². The van der Waals surface area contributed by atoms with Crippen molar-refractivity contribution in [1.82, 2.24) is 4.31 Å². The summed E-state index contributed by atoms with van der Waals surface area (Å²) in [6.45, 7) is 0. The minimum absolute atomic E-state index is 0.0901. The van der Waals surface area contributed by atoms with Crippen LogP contribution >= 0.6 is 0 Å². The van der Waals surface area contributed by atoms with Crippen LogP contribution in [0.3, 0.4) is 0 Å². The lowest BCUT2D eigenvalue weighted by atomic mass is 10.1. The topological polar surface area (TPSA) is 101 Å². The van der Waals surface area contributed by atoms with Gasteiger partial charge < -0.3 is 5.73 Å². The van der Waals surface area contributed by atoms with Crippen molar-refractivity contribution in [1.29, 1.82) is 0 Å². The van der Waals surface area contributed by atoms with E-state index in [0.29, 0.717) is 12.1 Å². The summed E-state index contributed by atoms with van der Waals surface area (Å²) in [7, 11) is -0.702. The number of amides is 2. The summed E-state index contributed by atoms with van der Waals surface area (Å²) in [5.41, 5.74) is 7.28. The third-order valence-electron chi connectivity index (χ3n) is 4.40. The third kappa shape index (κ3) is 2.97. The fraction of sp³-hybridized carbons (Fsp3) is 0.222. The van der Waals surface area contributed by atoms with Crippen LogP contribution in [-0.2, 0) is 21.2 Å². The summed E-state index contributed by atoms with van der Waals surface area (Å²) in [4.78, 5) is 26.3. The van der Waals surface area contributed by atoms with Gasteiger partial charge in [-0.2, -0.15) is 0 Å². The minimum Gasteiger partial charge on any atom is -0.368 e. The van der Waals surface area contributed by atoms with Gasteiger partial charge in [-0.1, -0.05) is 18.2 Å². The Bertz CT molecular complexity index is 968. The maximum Gasteiger partial charge on any atom is 0.259 e. The number of nitrogens with two attached hydrogens (primary N) is 1. The van der Waals surface area contributed by atoms with Crippen molar-refractivity contribution in [3.8, 4) is 0 Å². The van der Waals surface area contributed by atoms with Crippen LogP contribution in [0, 0.1) is 0 Å². The van der Waals surface area contributed by atoms with Crippen LogP contribution in [-0.4, -0.2) is 44.7 Å². The van der Waals surface area contributed by atoms with Crippen LogP contribution in [0.5, 0.6) is 0 Å². The molecule has 0 unspecified atom stereocenters. The van der Waals surface area contributed by atoms with Gasteiger partial charge in [0.2, 0.25) is 15.9 Å². The summed E-state index contributed by atoms with van der Waals surface area (Å²) in [5.74, 6) is -0.978. The van der Waals surface area contributed by atoms with Gasteiger partial charge in [0, 0.05) is 31.8 Å². The number of rotatable bonds is 4. The number of carbonyl (C=O) groups is 2. The molecule has 1 atom stereocenters. The number of nitrogens with zero attached hydrogens (tertiary/aromatic N) is 2. The molecule has 0 aromatic heterocycles. The first kappa shape index (κ1) is 18.1. The summed E-state index contributed by atoms with van der Waals surface area (Å²) in [5, 5.41) is 0. The van der Waals surface area contributed by atoms with Crippen molar-refractivity contribution in [2.75, 3.05) is 19.0 Å². The van der Waals surface area contributed by atoms with Crippen molar-refractivity contribution < 1.29 is 18.0 Å². The molecule has 136 valence electrons. The number of fused-ring (bicyclic) bond motifs is 1. The van der Waals surface area contributed by atoms with Crippen LogP contribution in [0.15, 0.2) is 53.4 Å². The van der Waals surface area contributed by atoms with Gasteiger partial charge in [0.05, 0.1) is 4.90 Å². The molecule has 0 fully saturated rings. The second kappa shape index (κ2) is 6.54. The van der Waals surface area contributed by atoms with Gasteiger partial charge in [-0.15, -0.1) is 0 Å². The van der Waals surface area contributed by atoms with Gasteiger partial charge >= 0.3 is 0 Å². The molecule has 1 aliphatic rings. The van der Waals surface area contributed by atoms with Gasteiger partial charge in [-0.3, -0.25) is 14.5 Å². The summed E-state index contributed by atoms with van der Waals surface area (Å²) >= 11 is 0. The smallest absolute Gasteiger partial charge is 0.259 e. The van der Waals surface area contributed by atoms with Crippen molar-refractivity contribution in [3.63, 3.8) is 0 Å². The maximum atomic E-state index is 13.0. The van der Waals surface area contributed by atoms with E-state index < -0.39 is 27.9 Å². The largest absolute Gasteiger partial charge is 0.368 e. The minimum atomic E-state index is -3.58. The Labute approximate surface area is 152 Å². The highest BCUT2D eigenvalue weighted by Crippen LogP contribution is 2.33. The SMILES string of the molecule is CN(C)S(=O)(=O)c1ccc(C(=O)N2c3ccccc3C[C@H]2C(N)=O)cc1. The fourth-order valence-corrected chi connectivity index (χ4v) is 3.89. The second-order valence-electron chi connectivity index (χ2n) is 6.24. The number of sulfonamides is 1. The van der Waals surface area contributed by atoms with E-state index in [0.717, 1.165) is 9.87 Å². The standard InChI is InChI=1S/C18H19N3O4S/c1-20(2)26(24,25)14-9-7-12(8-10-14)18(23)21-15-6-4-3-5-13(15)11-16(21)17(19)22/h3-10,16H,11H2,1-2H3,(H2,19,22)/t16-/m0/s1. The zero-order valence-corrected chi connectivity index (χ0v) is 15.2. The average molecular weight is 373 g/mol. The number of primary amides is 1. The highest BCUT2D eigenvalue weighted by atomic mass is 32.2. The molecule has 2 amide bonds. The first-order chi connectivity index (χ1) is 12.2. The Morgan fingerprint density at radius 3 is 2.27 bits per heavy atom. The van der Waals surface area contributed by atoms with E-state index in [1.807, 2.05) is 12.1 Å². The fourth-order valence-electron chi connectivity index (χ4n) is 2.98. The normalized spacial score (nSPS) is 16.6. The van der Waals surface area contributed by atoms with Crippen LogP contribution < -0.4 is 10.6 Å². The van der Waals surface area contributed by atoms with Crippen LogP contribution in [0.1, 0.15) is 15.9 Å². The van der Waals surface area contributed by atoms with Gasteiger partial charge in [0.1, 0.15) is 6.04 Å². The Morgan fingerprint density at radius 1 is 1.08 bits per heavy atom. The highest BCUT2D eigenvalue weighted by Gasteiger charge is 2.37. The highest BCUT2D eigenvalue weighted by molar-refractivity contribution is 7.89. The molecule has 1 heterocycles. The Kier molecular flexibility index (Phi) is 4.55. The molecule has 0 saturated heterocycles. The van der Waals surface area contributed by atoms with Gasteiger partial charge in [-0.25, -0.2) is 12.7 Å². The van der Waals surface area contributed by atoms with Crippen molar-refractivity contribution in [2.24, 2.45) is 5.73 Å². The predicted molar refractivity (Wildman–Crippen MR) is 97.3 cm³/mol. The molecule has 2 aromatic carbocycles. The monoisotopic (exact) mass is 373 g/mol. The molecular formula is C18H19N3O4S. The molecule has 7 nitrogen and oxygen atoms in total. The van der Waals surface area contributed by atoms with Gasteiger partial charge in [0.15, 0.2) is 0 Å². The predicted octanol–water partition coefficient (Wildman–Crippen LogP) is 0.994. The molecule has 1 aliphatic heterocycles. The Balaban J connectivity index is 1.97. The summed E-state index contributed by atoms with van der Waals surface area (Å²) in [6, 6.07) is 12.1. The zero-order valence-electron chi connectivity index (χ0n) is 14.4. The van der Waals surface area contributed by atoms with Crippen molar-refractivity contribution in [2.45, 2.75) is 17.4 Å². The molecule has 2 aromatic rings. The van der Waals surface area contributed by atoms with E-state index >= 15 is 0 Å². The maximum absolute atomic E-state index is 13.0. The van der Waals surface area contributed by atoms with E-state index in [2.05, 4.69) is 0 Å². The van der Waals surface area contributed by atoms with Crippen LogP contribution in [0.2, 0.25) is 0 Å². The van der Waals surface area contributed by atoms with Gasteiger partial charge in [-0.05, 0) is 35.9 Å². The van der Waals surface area contributed by atoms with E-state index in [1.54, 1.807) is 12.1 Å². The Morgan fingerprint density at radius 2 is 1.69 bits per heavy atom. The lowest BCUT2D eigenvalue weighted by Gasteiger charge is -2.23. The first-order valence-electron chi connectivity index (χ1n) is 7.97.